The summed E-state index contributed by atoms with van der Waals surface area (Å²) in [7, 11) is 0. The summed E-state index contributed by atoms with van der Waals surface area (Å²) in [4.78, 5) is 28.3. The molecule has 1 aromatic heterocycles. The second-order valence-corrected chi connectivity index (χ2v) is 5.93. The normalized spacial score (nSPS) is 13.2. The number of amides is 2. The van der Waals surface area contributed by atoms with E-state index in [4.69, 9.17) is 0 Å². The summed E-state index contributed by atoms with van der Waals surface area (Å²) in [5.41, 5.74) is 1.27. The van der Waals surface area contributed by atoms with Gasteiger partial charge in [-0.1, -0.05) is 32.4 Å². The fraction of sp³-hybridized carbons (Fsp3) is 0.412. The number of anilines is 1. The second kappa shape index (κ2) is 7.72. The van der Waals surface area contributed by atoms with Crippen LogP contribution in [0.3, 0.4) is 0 Å². The van der Waals surface area contributed by atoms with Gasteiger partial charge in [0.05, 0.1) is 0 Å². The minimum atomic E-state index is -0.687. The van der Waals surface area contributed by atoms with Crippen LogP contribution in [0, 0.1) is 12.8 Å². The van der Waals surface area contributed by atoms with Crippen LogP contribution >= 0.6 is 0 Å². The maximum atomic E-state index is 12.1. The number of carbonyl (C=O) groups is 2. The number of aromatic nitrogens is 3. The molecule has 1 heterocycles. The maximum Gasteiger partial charge on any atom is 0.313 e. The number of benzene rings is 1. The third-order valence-corrected chi connectivity index (χ3v) is 4.04. The van der Waals surface area contributed by atoms with Crippen molar-refractivity contribution < 1.29 is 9.59 Å². The van der Waals surface area contributed by atoms with Gasteiger partial charge in [-0.05, 0) is 31.9 Å². The van der Waals surface area contributed by atoms with E-state index >= 15 is 0 Å². The molecule has 1 aromatic carbocycles. The molecular formula is C17H23N5O2. The van der Waals surface area contributed by atoms with Gasteiger partial charge in [-0.25, -0.2) is 4.98 Å². The predicted octanol–water partition coefficient (Wildman–Crippen LogP) is 2.27. The lowest BCUT2D eigenvalue weighted by molar-refractivity contribution is -0.136. The predicted molar refractivity (Wildman–Crippen MR) is 92.2 cm³/mol. The molecule has 2 aromatic rings. The molecule has 128 valence electrons. The van der Waals surface area contributed by atoms with E-state index in [1.807, 2.05) is 33.8 Å². The van der Waals surface area contributed by atoms with E-state index in [1.54, 1.807) is 18.2 Å². The van der Waals surface area contributed by atoms with Gasteiger partial charge in [-0.2, -0.15) is 5.10 Å². The van der Waals surface area contributed by atoms with Crippen LogP contribution < -0.4 is 10.6 Å². The molecule has 0 saturated heterocycles. The average Bonchev–Trinajstić information content (AvgIpc) is 3.00. The van der Waals surface area contributed by atoms with Crippen molar-refractivity contribution >= 4 is 17.5 Å². The summed E-state index contributed by atoms with van der Waals surface area (Å²) in [6, 6.07) is 6.99. The van der Waals surface area contributed by atoms with Crippen LogP contribution in [0.1, 0.15) is 33.0 Å². The van der Waals surface area contributed by atoms with Gasteiger partial charge in [0, 0.05) is 17.3 Å². The van der Waals surface area contributed by atoms with E-state index < -0.39 is 11.8 Å². The van der Waals surface area contributed by atoms with Crippen molar-refractivity contribution in [3.63, 3.8) is 0 Å². The van der Waals surface area contributed by atoms with Crippen molar-refractivity contribution in [2.45, 2.75) is 40.2 Å². The first-order valence-electron chi connectivity index (χ1n) is 8.02. The summed E-state index contributed by atoms with van der Waals surface area (Å²) in [6.07, 6.45) is 0.932. The molecular weight excluding hydrogens is 306 g/mol. The van der Waals surface area contributed by atoms with Gasteiger partial charge in [-0.15, -0.1) is 0 Å². The fourth-order valence-electron chi connectivity index (χ4n) is 2.16. The van der Waals surface area contributed by atoms with Crippen molar-refractivity contribution in [3.8, 4) is 11.4 Å². The molecule has 7 heteroatoms. The number of nitrogens with one attached hydrogen (secondary N) is 3. The largest absolute Gasteiger partial charge is 0.345 e. The van der Waals surface area contributed by atoms with Gasteiger partial charge < -0.3 is 10.6 Å². The van der Waals surface area contributed by atoms with E-state index in [0.717, 1.165) is 12.0 Å². The van der Waals surface area contributed by atoms with E-state index in [-0.39, 0.29) is 6.04 Å². The lowest BCUT2D eigenvalue weighted by Gasteiger charge is -2.19. The number of H-pyrrole nitrogens is 1. The van der Waals surface area contributed by atoms with Crippen LogP contribution in [0.25, 0.3) is 11.4 Å². The molecule has 3 N–H and O–H groups in total. The molecule has 0 aliphatic rings. The third-order valence-electron chi connectivity index (χ3n) is 4.04. The minimum Gasteiger partial charge on any atom is -0.345 e. The fourth-order valence-corrected chi connectivity index (χ4v) is 2.16. The molecule has 2 rings (SSSR count). The Balaban J connectivity index is 2.03. The summed E-state index contributed by atoms with van der Waals surface area (Å²) in [6.45, 7) is 7.78. The molecule has 24 heavy (non-hydrogen) atoms. The first kappa shape index (κ1) is 17.7. The lowest BCUT2D eigenvalue weighted by Crippen LogP contribution is -2.43. The Bertz CT molecular complexity index is 725. The zero-order valence-corrected chi connectivity index (χ0v) is 14.4. The smallest absolute Gasteiger partial charge is 0.313 e. The molecule has 0 aliphatic carbocycles. The van der Waals surface area contributed by atoms with Crippen molar-refractivity contribution in [1.82, 2.24) is 20.5 Å². The SMILES string of the molecule is CC[C@H](C)[C@H](C)NC(=O)C(=O)Nc1cccc(-c2n[nH]c(C)n2)c1. The number of nitrogens with zero attached hydrogens (tertiary/aromatic N) is 2. The Kier molecular flexibility index (Phi) is 5.68. The van der Waals surface area contributed by atoms with Gasteiger partial charge in [0.1, 0.15) is 5.82 Å². The van der Waals surface area contributed by atoms with Crippen LogP contribution in [-0.4, -0.2) is 33.0 Å². The van der Waals surface area contributed by atoms with Crippen molar-refractivity contribution in [2.24, 2.45) is 5.92 Å². The van der Waals surface area contributed by atoms with Gasteiger partial charge >= 0.3 is 11.8 Å². The highest BCUT2D eigenvalue weighted by Gasteiger charge is 2.19. The van der Waals surface area contributed by atoms with Gasteiger partial charge in [0.15, 0.2) is 5.82 Å². The van der Waals surface area contributed by atoms with Gasteiger partial charge in [0.25, 0.3) is 0 Å². The number of aromatic amines is 1. The van der Waals surface area contributed by atoms with Crippen LogP contribution in [0.2, 0.25) is 0 Å². The Labute approximate surface area is 141 Å². The molecule has 0 radical (unpaired) electrons. The standard InChI is InChI=1S/C17H23N5O2/c1-5-10(2)11(3)18-16(23)17(24)20-14-8-6-7-13(9-14)15-19-12(4)21-22-15/h6-11H,5H2,1-4H3,(H,18,23)(H,20,24)(H,19,21,22)/t10-,11-/m0/s1. The quantitative estimate of drug-likeness (QED) is 0.733. The number of hydrogen-bond acceptors (Lipinski definition) is 4. The molecule has 0 saturated carbocycles. The molecule has 0 fully saturated rings. The number of rotatable bonds is 5. The van der Waals surface area contributed by atoms with Gasteiger partial charge in [0.2, 0.25) is 0 Å². The van der Waals surface area contributed by atoms with E-state index in [9.17, 15) is 9.59 Å². The highest BCUT2D eigenvalue weighted by molar-refractivity contribution is 6.39. The zero-order chi connectivity index (χ0) is 17.7. The Morgan fingerprint density at radius 2 is 2.00 bits per heavy atom. The number of carbonyl (C=O) groups excluding carboxylic acids is 2. The maximum absolute atomic E-state index is 12.1. The van der Waals surface area contributed by atoms with E-state index in [1.165, 1.54) is 0 Å². The average molecular weight is 329 g/mol. The molecule has 0 spiro atoms. The molecule has 2 atom stereocenters. The third kappa shape index (κ3) is 4.41. The molecule has 0 unspecified atom stereocenters. The lowest BCUT2D eigenvalue weighted by atomic mass is 10.0. The summed E-state index contributed by atoms with van der Waals surface area (Å²) < 4.78 is 0. The van der Waals surface area contributed by atoms with Crippen LogP contribution in [0.5, 0.6) is 0 Å². The van der Waals surface area contributed by atoms with Crippen LogP contribution in [0.4, 0.5) is 5.69 Å². The second-order valence-electron chi connectivity index (χ2n) is 5.93. The summed E-state index contributed by atoms with van der Waals surface area (Å²) in [5.74, 6) is 0.228. The first-order chi connectivity index (χ1) is 11.4. The number of aryl methyl sites for hydroxylation is 1. The van der Waals surface area contributed by atoms with Crippen molar-refractivity contribution in [3.05, 3.63) is 30.1 Å². The van der Waals surface area contributed by atoms with Crippen molar-refractivity contribution in [2.75, 3.05) is 5.32 Å². The van der Waals surface area contributed by atoms with Crippen molar-refractivity contribution in [1.29, 1.82) is 0 Å². The summed E-state index contributed by atoms with van der Waals surface area (Å²) >= 11 is 0. The van der Waals surface area contributed by atoms with Gasteiger partial charge in [-0.3, -0.25) is 14.7 Å². The topological polar surface area (TPSA) is 99.8 Å². The Morgan fingerprint density at radius 1 is 1.25 bits per heavy atom. The molecule has 7 nitrogen and oxygen atoms in total. The van der Waals surface area contributed by atoms with E-state index in [2.05, 4.69) is 25.8 Å². The minimum absolute atomic E-state index is 0.0594. The molecule has 0 bridgehead atoms. The Morgan fingerprint density at radius 3 is 2.62 bits per heavy atom. The molecule has 0 aliphatic heterocycles. The summed E-state index contributed by atoms with van der Waals surface area (Å²) in [5, 5.41) is 12.2. The highest BCUT2D eigenvalue weighted by atomic mass is 16.2. The zero-order valence-electron chi connectivity index (χ0n) is 14.4. The van der Waals surface area contributed by atoms with Crippen LogP contribution in [0.15, 0.2) is 24.3 Å². The number of hydrogen-bond donors (Lipinski definition) is 3. The highest BCUT2D eigenvalue weighted by Crippen LogP contribution is 2.19. The first-order valence-corrected chi connectivity index (χ1v) is 8.02. The van der Waals surface area contributed by atoms with Crippen LogP contribution in [-0.2, 0) is 9.59 Å². The monoisotopic (exact) mass is 329 g/mol. The molecule has 2 amide bonds. The van der Waals surface area contributed by atoms with E-state index in [0.29, 0.717) is 23.3 Å². The Hall–Kier alpha value is -2.70.